The fourth-order valence-corrected chi connectivity index (χ4v) is 6.70. The van der Waals surface area contributed by atoms with E-state index < -0.39 is 62.8 Å². The molecule has 2 aromatic carbocycles. The van der Waals surface area contributed by atoms with Crippen molar-refractivity contribution < 1.29 is 32.3 Å². The van der Waals surface area contributed by atoms with E-state index >= 15 is 0 Å². The fourth-order valence-electron chi connectivity index (χ4n) is 4.50. The van der Waals surface area contributed by atoms with Gasteiger partial charge in [-0.2, -0.15) is 0 Å². The van der Waals surface area contributed by atoms with E-state index in [9.17, 15) is 27.6 Å². The molecule has 4 atom stereocenters. The molecule has 2 aromatic rings. The molecule has 196 valence electrons. The molecule has 0 saturated carbocycles. The summed E-state index contributed by atoms with van der Waals surface area (Å²) in [6, 6.07) is 15.5. The van der Waals surface area contributed by atoms with E-state index in [0.717, 1.165) is 16.0 Å². The molecule has 4 rings (SSSR count). The number of nitrogens with zero attached hydrogens (tertiary/aromatic N) is 1. The van der Waals surface area contributed by atoms with Gasteiger partial charge in [0.1, 0.15) is 18.7 Å². The van der Waals surface area contributed by atoms with Crippen molar-refractivity contribution in [2.75, 3.05) is 19.3 Å². The minimum atomic E-state index is -3.89. The van der Waals surface area contributed by atoms with E-state index in [1.807, 2.05) is 12.1 Å². The average Bonchev–Trinajstić information content (AvgIpc) is 2.90. The molecule has 12 heteroatoms. The Hall–Kier alpha value is -3.93. The van der Waals surface area contributed by atoms with Crippen LogP contribution >= 0.6 is 0 Å². The number of amides is 4. The third-order valence-electron chi connectivity index (χ3n) is 6.38. The molecule has 0 radical (unpaired) electrons. The lowest BCUT2D eigenvalue weighted by molar-refractivity contribution is -0.151. The standard InChI is InChI=1S/C25H28N4O7S/c1-26-21(30)18-13-29-23(32)20(24(29)37(34,35)15-18)28-22(31)19(12-16-8-4-2-5-9-16)27-25(33)36-14-17-10-6-3-7-11-17/h2-11,18-20,24H,12-15H2,1H3,(H,26,30)(H,27,33)(H,28,31)/t18?,19-,20+,24-/m0/s1. The molecular weight excluding hydrogens is 500 g/mol. The summed E-state index contributed by atoms with van der Waals surface area (Å²) in [5, 5.41) is 6.17. The number of benzene rings is 2. The summed E-state index contributed by atoms with van der Waals surface area (Å²) in [6.45, 7) is -0.0540. The van der Waals surface area contributed by atoms with Crippen molar-refractivity contribution in [3.8, 4) is 0 Å². The highest BCUT2D eigenvalue weighted by Gasteiger charge is 2.59. The Labute approximate surface area is 214 Å². The lowest BCUT2D eigenvalue weighted by Gasteiger charge is -2.50. The van der Waals surface area contributed by atoms with Gasteiger partial charge < -0.3 is 25.6 Å². The first-order valence-corrected chi connectivity index (χ1v) is 13.5. The quantitative estimate of drug-likeness (QED) is 0.407. The van der Waals surface area contributed by atoms with Crippen LogP contribution in [0.25, 0.3) is 0 Å². The zero-order valence-electron chi connectivity index (χ0n) is 20.1. The highest BCUT2D eigenvalue weighted by Crippen LogP contribution is 2.32. The van der Waals surface area contributed by atoms with E-state index in [1.165, 1.54) is 7.05 Å². The third kappa shape index (κ3) is 5.91. The Bertz CT molecular complexity index is 1270. The van der Waals surface area contributed by atoms with Gasteiger partial charge in [0.05, 0.1) is 11.7 Å². The van der Waals surface area contributed by atoms with Gasteiger partial charge in [-0.1, -0.05) is 60.7 Å². The van der Waals surface area contributed by atoms with Crippen LogP contribution in [0.4, 0.5) is 4.79 Å². The van der Waals surface area contributed by atoms with Crippen molar-refractivity contribution in [3.63, 3.8) is 0 Å². The van der Waals surface area contributed by atoms with Gasteiger partial charge in [-0.05, 0) is 11.1 Å². The predicted octanol–water partition coefficient (Wildman–Crippen LogP) is -0.0322. The van der Waals surface area contributed by atoms with Crippen molar-refractivity contribution in [2.45, 2.75) is 30.5 Å². The number of hydrogen-bond acceptors (Lipinski definition) is 7. The van der Waals surface area contributed by atoms with Gasteiger partial charge in [0.15, 0.2) is 15.2 Å². The van der Waals surface area contributed by atoms with Gasteiger partial charge in [0.25, 0.3) is 0 Å². The second kappa shape index (κ2) is 11.0. The second-order valence-corrected chi connectivity index (χ2v) is 11.1. The Morgan fingerprint density at radius 3 is 2.27 bits per heavy atom. The lowest BCUT2D eigenvalue weighted by Crippen LogP contribution is -2.77. The van der Waals surface area contributed by atoms with Crippen LogP contribution in [0.15, 0.2) is 60.7 Å². The fraction of sp³-hybridized carbons (Fsp3) is 0.360. The van der Waals surface area contributed by atoms with Crippen molar-refractivity contribution in [3.05, 3.63) is 71.8 Å². The molecule has 0 aliphatic carbocycles. The highest BCUT2D eigenvalue weighted by molar-refractivity contribution is 7.92. The number of carbonyl (C=O) groups excluding carboxylic acids is 4. The molecule has 0 spiro atoms. The molecule has 4 amide bonds. The Balaban J connectivity index is 1.44. The molecule has 3 N–H and O–H groups in total. The normalized spacial score (nSPS) is 22.6. The molecule has 11 nitrogen and oxygen atoms in total. The van der Waals surface area contributed by atoms with Gasteiger partial charge in [-0.3, -0.25) is 14.4 Å². The molecule has 2 heterocycles. The molecule has 2 fully saturated rings. The number of ether oxygens (including phenoxy) is 1. The van der Waals surface area contributed by atoms with Crippen LogP contribution in [-0.2, 0) is 42.0 Å². The molecule has 2 saturated heterocycles. The van der Waals surface area contributed by atoms with E-state index in [4.69, 9.17) is 4.74 Å². The van der Waals surface area contributed by atoms with Gasteiger partial charge in [-0.15, -0.1) is 0 Å². The number of β-lactam (4-membered cyclic amide) rings is 1. The maximum Gasteiger partial charge on any atom is 0.408 e. The van der Waals surface area contributed by atoms with Crippen molar-refractivity contribution in [2.24, 2.45) is 5.92 Å². The van der Waals surface area contributed by atoms with Crippen LogP contribution in [0.3, 0.4) is 0 Å². The lowest BCUT2D eigenvalue weighted by atomic mass is 10.0. The van der Waals surface area contributed by atoms with E-state index in [1.54, 1.807) is 48.5 Å². The SMILES string of the molecule is CNC(=O)C1CN2C(=O)[C@@H](NC(=O)[C@H](Cc3ccccc3)NC(=O)OCc3ccccc3)[C@@H]2S(=O)(=O)C1. The van der Waals surface area contributed by atoms with Gasteiger partial charge in [0.2, 0.25) is 17.7 Å². The van der Waals surface area contributed by atoms with Crippen molar-refractivity contribution >= 4 is 33.7 Å². The second-order valence-electron chi connectivity index (χ2n) is 8.96. The summed E-state index contributed by atoms with van der Waals surface area (Å²) >= 11 is 0. The number of nitrogens with one attached hydrogen (secondary N) is 3. The molecule has 2 aliphatic rings. The van der Waals surface area contributed by atoms with Gasteiger partial charge in [0, 0.05) is 20.0 Å². The smallest absolute Gasteiger partial charge is 0.408 e. The number of sulfone groups is 1. The van der Waals surface area contributed by atoms with Crippen molar-refractivity contribution in [1.82, 2.24) is 20.9 Å². The number of hydrogen-bond donors (Lipinski definition) is 3. The monoisotopic (exact) mass is 528 g/mol. The van der Waals surface area contributed by atoms with Crippen LogP contribution in [0.5, 0.6) is 0 Å². The zero-order valence-corrected chi connectivity index (χ0v) is 20.9. The number of rotatable bonds is 8. The van der Waals surface area contributed by atoms with Crippen LogP contribution in [0.2, 0.25) is 0 Å². The van der Waals surface area contributed by atoms with Crippen LogP contribution in [0.1, 0.15) is 11.1 Å². The maximum absolute atomic E-state index is 13.2. The number of alkyl carbamates (subject to hydrolysis) is 1. The van der Waals surface area contributed by atoms with E-state index in [0.29, 0.717) is 0 Å². The maximum atomic E-state index is 13.2. The van der Waals surface area contributed by atoms with E-state index in [-0.39, 0.29) is 19.6 Å². The molecule has 37 heavy (non-hydrogen) atoms. The van der Waals surface area contributed by atoms with Crippen molar-refractivity contribution in [1.29, 1.82) is 0 Å². The molecular formula is C25H28N4O7S. The summed E-state index contributed by atoms with van der Waals surface area (Å²) in [6.07, 6.45) is -0.742. The summed E-state index contributed by atoms with van der Waals surface area (Å²) in [7, 11) is -2.49. The zero-order chi connectivity index (χ0) is 26.6. The Morgan fingerprint density at radius 2 is 1.65 bits per heavy atom. The molecule has 0 bridgehead atoms. The topological polar surface area (TPSA) is 151 Å². The summed E-state index contributed by atoms with van der Waals surface area (Å²) in [4.78, 5) is 51.5. The van der Waals surface area contributed by atoms with E-state index in [2.05, 4.69) is 16.0 Å². The summed E-state index contributed by atoms with van der Waals surface area (Å²) in [5.41, 5.74) is 1.51. The average molecular weight is 529 g/mol. The molecule has 0 aromatic heterocycles. The Kier molecular flexibility index (Phi) is 7.77. The molecule has 2 aliphatic heterocycles. The first-order valence-electron chi connectivity index (χ1n) is 11.7. The summed E-state index contributed by atoms with van der Waals surface area (Å²) in [5.74, 6) is -3.09. The third-order valence-corrected chi connectivity index (χ3v) is 8.51. The predicted molar refractivity (Wildman–Crippen MR) is 132 cm³/mol. The first kappa shape index (κ1) is 26.1. The highest BCUT2D eigenvalue weighted by atomic mass is 32.2. The first-order chi connectivity index (χ1) is 17.7. The van der Waals surface area contributed by atoms with Crippen LogP contribution < -0.4 is 16.0 Å². The Morgan fingerprint density at radius 1 is 1.03 bits per heavy atom. The number of fused-ring (bicyclic) bond motifs is 1. The summed E-state index contributed by atoms with van der Waals surface area (Å²) < 4.78 is 30.9. The van der Waals surface area contributed by atoms with Gasteiger partial charge >= 0.3 is 6.09 Å². The van der Waals surface area contributed by atoms with Gasteiger partial charge in [-0.25, -0.2) is 13.2 Å². The minimum Gasteiger partial charge on any atom is -0.445 e. The van der Waals surface area contributed by atoms with Crippen LogP contribution in [0, 0.1) is 5.92 Å². The van der Waals surface area contributed by atoms with Crippen LogP contribution in [-0.4, -0.2) is 73.9 Å². The largest absolute Gasteiger partial charge is 0.445 e. The number of carbonyl (C=O) groups is 4. The molecule has 1 unspecified atom stereocenters. The minimum absolute atomic E-state index is 0.00472.